The molecular weight excluding hydrogens is 270 g/mol. The average Bonchev–Trinajstić information content (AvgIpc) is 2.39. The zero-order valence-corrected chi connectivity index (χ0v) is 13.2. The van der Waals surface area contributed by atoms with Crippen molar-refractivity contribution in [2.45, 2.75) is 38.0 Å². The lowest BCUT2D eigenvalue weighted by Gasteiger charge is -2.22. The van der Waals surface area contributed by atoms with Gasteiger partial charge in [0.05, 0.1) is 10.6 Å². The van der Waals surface area contributed by atoms with E-state index in [1.54, 1.807) is 12.1 Å². The molecule has 1 saturated heterocycles. The van der Waals surface area contributed by atoms with Gasteiger partial charge in [-0.3, -0.25) is 0 Å². The third kappa shape index (κ3) is 4.32. The molecule has 1 aromatic rings. The first-order chi connectivity index (χ1) is 9.47. The Morgan fingerprint density at radius 1 is 1.15 bits per heavy atom. The zero-order valence-electron chi connectivity index (χ0n) is 12.4. The Morgan fingerprint density at radius 2 is 1.75 bits per heavy atom. The summed E-state index contributed by atoms with van der Waals surface area (Å²) in [7, 11) is -3.12. The van der Waals surface area contributed by atoms with E-state index in [2.05, 4.69) is 5.32 Å². The van der Waals surface area contributed by atoms with Crippen molar-refractivity contribution in [2.75, 3.05) is 18.8 Å². The summed E-state index contributed by atoms with van der Waals surface area (Å²) in [5.74, 6) is 1.12. The van der Waals surface area contributed by atoms with Crippen molar-refractivity contribution in [1.29, 1.82) is 0 Å². The van der Waals surface area contributed by atoms with Crippen molar-refractivity contribution < 1.29 is 8.42 Å². The fraction of sp³-hybridized carbons (Fsp3) is 0.625. The summed E-state index contributed by atoms with van der Waals surface area (Å²) >= 11 is 0. The van der Waals surface area contributed by atoms with Crippen molar-refractivity contribution in [1.82, 2.24) is 5.32 Å². The molecule has 0 unspecified atom stereocenters. The van der Waals surface area contributed by atoms with E-state index in [9.17, 15) is 8.42 Å². The first-order valence-corrected chi connectivity index (χ1v) is 9.15. The second-order valence-corrected chi connectivity index (χ2v) is 8.25. The molecule has 0 atom stereocenters. The van der Waals surface area contributed by atoms with Gasteiger partial charge in [-0.25, -0.2) is 8.42 Å². The Morgan fingerprint density at radius 3 is 2.30 bits per heavy atom. The van der Waals surface area contributed by atoms with Gasteiger partial charge in [0.15, 0.2) is 9.84 Å². The van der Waals surface area contributed by atoms with Gasteiger partial charge in [0.2, 0.25) is 0 Å². The highest BCUT2D eigenvalue weighted by molar-refractivity contribution is 7.91. The van der Waals surface area contributed by atoms with Crippen LogP contribution in [0.4, 0.5) is 0 Å². The predicted molar refractivity (Wildman–Crippen MR) is 82.6 cm³/mol. The number of nitrogens with one attached hydrogen (secondary N) is 1. The maximum atomic E-state index is 12.1. The molecule has 0 aliphatic carbocycles. The summed E-state index contributed by atoms with van der Waals surface area (Å²) in [4.78, 5) is 0.459. The highest BCUT2D eigenvalue weighted by Gasteiger charge is 2.17. The molecule has 0 radical (unpaired) electrons. The molecule has 3 nitrogen and oxygen atoms in total. The van der Waals surface area contributed by atoms with Gasteiger partial charge in [-0.15, -0.1) is 0 Å². The van der Waals surface area contributed by atoms with Crippen molar-refractivity contribution in [3.05, 3.63) is 29.8 Å². The molecule has 2 rings (SSSR count). The van der Waals surface area contributed by atoms with Gasteiger partial charge in [0.25, 0.3) is 0 Å². The molecule has 4 heteroatoms. The van der Waals surface area contributed by atoms with Crippen LogP contribution in [0, 0.1) is 11.8 Å². The minimum atomic E-state index is -3.12. The molecular formula is C16H25NO2S. The van der Waals surface area contributed by atoms with E-state index in [-0.39, 0.29) is 11.7 Å². The fourth-order valence-corrected chi connectivity index (χ4v) is 4.41. The Bertz CT molecular complexity index is 514. The van der Waals surface area contributed by atoms with Crippen molar-refractivity contribution in [2.24, 2.45) is 11.8 Å². The molecule has 1 N–H and O–H groups in total. The highest BCUT2D eigenvalue weighted by Crippen LogP contribution is 2.20. The smallest absolute Gasteiger partial charge is 0.178 e. The first kappa shape index (κ1) is 15.5. The number of benzene rings is 1. The van der Waals surface area contributed by atoms with Gasteiger partial charge in [-0.1, -0.05) is 26.0 Å². The highest BCUT2D eigenvalue weighted by atomic mass is 32.2. The molecule has 20 heavy (non-hydrogen) atoms. The zero-order chi connectivity index (χ0) is 14.6. The Labute approximate surface area is 122 Å². The van der Waals surface area contributed by atoms with Crippen LogP contribution in [-0.4, -0.2) is 27.3 Å². The monoisotopic (exact) mass is 295 g/mol. The van der Waals surface area contributed by atoms with Crippen LogP contribution >= 0.6 is 0 Å². The Kier molecular flexibility index (Phi) is 5.22. The van der Waals surface area contributed by atoms with E-state index >= 15 is 0 Å². The average molecular weight is 295 g/mol. The molecule has 0 amide bonds. The van der Waals surface area contributed by atoms with Crippen LogP contribution in [0.5, 0.6) is 0 Å². The number of rotatable bonds is 5. The summed E-state index contributed by atoms with van der Waals surface area (Å²) in [6, 6.07) is 7.51. The summed E-state index contributed by atoms with van der Waals surface area (Å²) in [5.41, 5.74) is 1.25. The molecule has 112 valence electrons. The number of sulfone groups is 1. The maximum absolute atomic E-state index is 12.1. The summed E-state index contributed by atoms with van der Waals surface area (Å²) in [6.45, 7) is 6.07. The van der Waals surface area contributed by atoms with Crippen LogP contribution in [0.3, 0.4) is 0 Å². The number of hydrogen-bond donors (Lipinski definition) is 1. The summed E-state index contributed by atoms with van der Waals surface area (Å²) < 4.78 is 24.3. The lowest BCUT2D eigenvalue weighted by Crippen LogP contribution is -2.28. The third-order valence-electron chi connectivity index (χ3n) is 3.82. The van der Waals surface area contributed by atoms with Gasteiger partial charge >= 0.3 is 0 Å². The van der Waals surface area contributed by atoms with Crippen LogP contribution < -0.4 is 5.32 Å². The van der Waals surface area contributed by atoms with E-state index < -0.39 is 9.84 Å². The second kappa shape index (κ2) is 6.72. The van der Waals surface area contributed by atoms with Crippen LogP contribution in [0.25, 0.3) is 0 Å². The molecule has 0 bridgehead atoms. The van der Waals surface area contributed by atoms with Crippen molar-refractivity contribution in [3.8, 4) is 0 Å². The topological polar surface area (TPSA) is 46.2 Å². The number of hydrogen-bond acceptors (Lipinski definition) is 3. The maximum Gasteiger partial charge on any atom is 0.178 e. The quantitative estimate of drug-likeness (QED) is 0.908. The lowest BCUT2D eigenvalue weighted by molar-refractivity contribution is 0.372. The van der Waals surface area contributed by atoms with E-state index in [1.165, 1.54) is 18.4 Å². The normalized spacial score (nSPS) is 17.6. The molecule has 1 aliphatic heterocycles. The minimum Gasteiger partial charge on any atom is -0.317 e. The molecule has 1 heterocycles. The summed E-state index contributed by atoms with van der Waals surface area (Å²) in [5, 5.41) is 3.37. The van der Waals surface area contributed by atoms with Crippen LogP contribution in [-0.2, 0) is 16.3 Å². The SMILES string of the molecule is CC(C)CS(=O)(=O)c1ccc(CC2CCNCC2)cc1. The van der Waals surface area contributed by atoms with Crippen LogP contribution in [0.2, 0.25) is 0 Å². The van der Waals surface area contributed by atoms with Crippen molar-refractivity contribution >= 4 is 9.84 Å². The second-order valence-electron chi connectivity index (χ2n) is 6.22. The van der Waals surface area contributed by atoms with Crippen molar-refractivity contribution in [3.63, 3.8) is 0 Å². The number of piperidine rings is 1. The lowest BCUT2D eigenvalue weighted by atomic mass is 9.91. The van der Waals surface area contributed by atoms with E-state index in [4.69, 9.17) is 0 Å². The van der Waals surface area contributed by atoms with E-state index in [0.29, 0.717) is 4.90 Å². The molecule has 1 aliphatic rings. The predicted octanol–water partition coefficient (Wildman–Crippen LogP) is 2.66. The summed E-state index contributed by atoms with van der Waals surface area (Å²) in [6.07, 6.45) is 3.49. The Hall–Kier alpha value is -0.870. The standard InChI is InChI=1S/C16H25NO2S/c1-13(2)12-20(18,19)16-5-3-14(4-6-16)11-15-7-9-17-10-8-15/h3-6,13,15,17H,7-12H2,1-2H3. The molecule has 0 spiro atoms. The molecule has 0 aromatic heterocycles. The van der Waals surface area contributed by atoms with Gasteiger partial charge in [-0.05, 0) is 61.9 Å². The first-order valence-electron chi connectivity index (χ1n) is 7.50. The Balaban J connectivity index is 2.02. The third-order valence-corrected chi connectivity index (χ3v) is 5.91. The van der Waals surface area contributed by atoms with E-state index in [1.807, 2.05) is 26.0 Å². The van der Waals surface area contributed by atoms with Crippen LogP contribution in [0.1, 0.15) is 32.3 Å². The van der Waals surface area contributed by atoms with E-state index in [0.717, 1.165) is 25.4 Å². The molecule has 0 saturated carbocycles. The largest absolute Gasteiger partial charge is 0.317 e. The van der Waals surface area contributed by atoms with Gasteiger partial charge in [-0.2, -0.15) is 0 Å². The fourth-order valence-electron chi connectivity index (χ4n) is 2.79. The molecule has 1 aromatic carbocycles. The van der Waals surface area contributed by atoms with Crippen LogP contribution in [0.15, 0.2) is 29.2 Å². The minimum absolute atomic E-state index is 0.161. The van der Waals surface area contributed by atoms with Gasteiger partial charge in [0, 0.05) is 0 Å². The van der Waals surface area contributed by atoms with Gasteiger partial charge < -0.3 is 5.32 Å². The van der Waals surface area contributed by atoms with Gasteiger partial charge in [0.1, 0.15) is 0 Å². The molecule has 1 fully saturated rings.